The van der Waals surface area contributed by atoms with Crippen molar-refractivity contribution in [2.24, 2.45) is 0 Å². The van der Waals surface area contributed by atoms with Crippen LogP contribution in [0.5, 0.6) is 0 Å². The van der Waals surface area contributed by atoms with E-state index in [4.69, 9.17) is 0 Å². The summed E-state index contributed by atoms with van der Waals surface area (Å²) in [4.78, 5) is 25.5. The zero-order valence-electron chi connectivity index (χ0n) is 14.0. The SMILES string of the molecule is Cc1cc(C)cc(-n2nc(C)cc2NC(=O)CN2CSCC2=O)c1. The number of anilines is 1. The number of benzene rings is 1. The van der Waals surface area contributed by atoms with Crippen LogP contribution in [0.4, 0.5) is 5.82 Å². The van der Waals surface area contributed by atoms with E-state index in [1.807, 2.05) is 39.0 Å². The molecule has 0 bridgehead atoms. The number of nitrogens with one attached hydrogen (secondary N) is 1. The van der Waals surface area contributed by atoms with Crippen molar-refractivity contribution >= 4 is 29.4 Å². The van der Waals surface area contributed by atoms with Crippen LogP contribution in [0.2, 0.25) is 0 Å². The fourth-order valence-corrected chi connectivity index (χ4v) is 3.66. The highest BCUT2D eigenvalue weighted by atomic mass is 32.2. The Morgan fingerprint density at radius 3 is 2.54 bits per heavy atom. The molecule has 2 heterocycles. The number of thioether (sulfide) groups is 1. The Morgan fingerprint density at radius 1 is 1.21 bits per heavy atom. The largest absolute Gasteiger partial charge is 0.323 e. The third kappa shape index (κ3) is 3.62. The van der Waals surface area contributed by atoms with Crippen LogP contribution in [0.25, 0.3) is 5.69 Å². The van der Waals surface area contributed by atoms with Crippen LogP contribution in [0.15, 0.2) is 24.3 Å². The van der Waals surface area contributed by atoms with E-state index in [0.717, 1.165) is 22.5 Å². The summed E-state index contributed by atoms with van der Waals surface area (Å²) in [7, 11) is 0. The molecular weight excluding hydrogens is 324 g/mol. The van der Waals surface area contributed by atoms with Crippen LogP contribution < -0.4 is 5.32 Å². The van der Waals surface area contributed by atoms with Crippen LogP contribution in [0.3, 0.4) is 0 Å². The van der Waals surface area contributed by atoms with Gasteiger partial charge >= 0.3 is 0 Å². The number of carbonyl (C=O) groups is 2. The molecule has 1 aliphatic heterocycles. The molecule has 1 N–H and O–H groups in total. The van der Waals surface area contributed by atoms with Gasteiger partial charge in [0.2, 0.25) is 11.8 Å². The fraction of sp³-hybridized carbons (Fsp3) is 0.353. The average molecular weight is 344 g/mol. The Labute approximate surface area is 145 Å². The third-order valence-corrected chi connectivity index (χ3v) is 4.66. The van der Waals surface area contributed by atoms with Gasteiger partial charge in [0, 0.05) is 6.07 Å². The highest BCUT2D eigenvalue weighted by molar-refractivity contribution is 8.00. The molecule has 24 heavy (non-hydrogen) atoms. The Hall–Kier alpha value is -2.28. The van der Waals surface area contributed by atoms with E-state index in [0.29, 0.717) is 17.4 Å². The molecule has 0 atom stereocenters. The summed E-state index contributed by atoms with van der Waals surface area (Å²) in [5.74, 6) is 1.43. The standard InChI is InChI=1S/C17H20N4O2S/c1-11-4-12(2)6-14(5-11)21-15(7-13(3)19-21)18-16(22)8-20-10-24-9-17(20)23/h4-7H,8-10H2,1-3H3,(H,18,22). The monoisotopic (exact) mass is 344 g/mol. The van der Waals surface area contributed by atoms with Crippen molar-refractivity contribution in [3.63, 3.8) is 0 Å². The third-order valence-electron chi connectivity index (χ3n) is 3.71. The van der Waals surface area contributed by atoms with Gasteiger partial charge in [-0.25, -0.2) is 4.68 Å². The summed E-state index contributed by atoms with van der Waals surface area (Å²) >= 11 is 1.52. The predicted octanol–water partition coefficient (Wildman–Crippen LogP) is 2.27. The van der Waals surface area contributed by atoms with E-state index < -0.39 is 0 Å². The number of amides is 2. The first-order chi connectivity index (χ1) is 11.4. The molecule has 1 aliphatic rings. The molecule has 1 saturated heterocycles. The van der Waals surface area contributed by atoms with Gasteiger partial charge in [0.1, 0.15) is 12.4 Å². The summed E-state index contributed by atoms with van der Waals surface area (Å²) in [6.07, 6.45) is 0. The lowest BCUT2D eigenvalue weighted by Gasteiger charge is -2.15. The summed E-state index contributed by atoms with van der Waals surface area (Å²) in [5, 5.41) is 7.35. The van der Waals surface area contributed by atoms with Crippen molar-refractivity contribution in [1.82, 2.24) is 14.7 Å². The Bertz CT molecular complexity index is 780. The second-order valence-electron chi connectivity index (χ2n) is 6.05. The van der Waals surface area contributed by atoms with E-state index in [1.54, 1.807) is 9.58 Å². The molecule has 7 heteroatoms. The number of hydrogen-bond donors (Lipinski definition) is 1. The summed E-state index contributed by atoms with van der Waals surface area (Å²) < 4.78 is 1.73. The Morgan fingerprint density at radius 2 is 1.92 bits per heavy atom. The number of aromatic nitrogens is 2. The van der Waals surface area contributed by atoms with Gasteiger partial charge in [0.15, 0.2) is 0 Å². The lowest BCUT2D eigenvalue weighted by Crippen LogP contribution is -2.34. The maximum Gasteiger partial charge on any atom is 0.245 e. The average Bonchev–Trinajstić information content (AvgIpc) is 3.04. The molecule has 0 radical (unpaired) electrons. The minimum Gasteiger partial charge on any atom is -0.323 e. The van der Waals surface area contributed by atoms with Gasteiger partial charge in [-0.15, -0.1) is 11.8 Å². The van der Waals surface area contributed by atoms with Gasteiger partial charge in [-0.2, -0.15) is 5.10 Å². The van der Waals surface area contributed by atoms with Crippen molar-refractivity contribution < 1.29 is 9.59 Å². The molecule has 2 amide bonds. The molecule has 0 aliphatic carbocycles. The maximum atomic E-state index is 12.3. The number of hydrogen-bond acceptors (Lipinski definition) is 4. The second-order valence-corrected chi connectivity index (χ2v) is 7.00. The van der Waals surface area contributed by atoms with Gasteiger partial charge in [-0.3, -0.25) is 9.59 Å². The first-order valence-electron chi connectivity index (χ1n) is 7.73. The number of nitrogens with zero attached hydrogens (tertiary/aromatic N) is 3. The minimum atomic E-state index is -0.212. The molecule has 1 aromatic heterocycles. The summed E-state index contributed by atoms with van der Waals surface area (Å²) in [6, 6.07) is 7.97. The van der Waals surface area contributed by atoms with E-state index in [2.05, 4.69) is 16.5 Å². The molecule has 6 nitrogen and oxygen atoms in total. The number of rotatable bonds is 4. The van der Waals surface area contributed by atoms with Gasteiger partial charge in [-0.1, -0.05) is 6.07 Å². The molecule has 126 valence electrons. The lowest BCUT2D eigenvalue weighted by molar-refractivity contribution is -0.130. The molecule has 0 saturated carbocycles. The van der Waals surface area contributed by atoms with Crippen molar-refractivity contribution in [3.8, 4) is 5.69 Å². The van der Waals surface area contributed by atoms with Crippen LogP contribution in [0.1, 0.15) is 16.8 Å². The number of aryl methyl sites for hydroxylation is 3. The minimum absolute atomic E-state index is 0.00847. The van der Waals surface area contributed by atoms with Crippen molar-refractivity contribution in [3.05, 3.63) is 41.1 Å². The molecule has 0 unspecified atom stereocenters. The van der Waals surface area contributed by atoms with Crippen LogP contribution in [-0.2, 0) is 9.59 Å². The quantitative estimate of drug-likeness (QED) is 0.924. The predicted molar refractivity (Wildman–Crippen MR) is 95.4 cm³/mol. The fourth-order valence-electron chi connectivity index (χ4n) is 2.75. The topological polar surface area (TPSA) is 67.2 Å². The van der Waals surface area contributed by atoms with E-state index >= 15 is 0 Å². The molecule has 2 aromatic rings. The van der Waals surface area contributed by atoms with E-state index in [9.17, 15) is 9.59 Å². The van der Waals surface area contributed by atoms with Crippen molar-refractivity contribution in [2.75, 3.05) is 23.5 Å². The van der Waals surface area contributed by atoms with Gasteiger partial charge in [0.25, 0.3) is 0 Å². The summed E-state index contributed by atoms with van der Waals surface area (Å²) in [5.41, 5.74) is 3.99. The summed E-state index contributed by atoms with van der Waals surface area (Å²) in [6.45, 7) is 6.02. The molecule has 3 rings (SSSR count). The second kappa shape index (κ2) is 6.68. The smallest absolute Gasteiger partial charge is 0.245 e. The van der Waals surface area contributed by atoms with Crippen LogP contribution in [0, 0.1) is 20.8 Å². The molecule has 0 spiro atoms. The highest BCUT2D eigenvalue weighted by Gasteiger charge is 2.23. The zero-order chi connectivity index (χ0) is 17.3. The highest BCUT2D eigenvalue weighted by Crippen LogP contribution is 2.20. The first-order valence-corrected chi connectivity index (χ1v) is 8.88. The van der Waals surface area contributed by atoms with Crippen molar-refractivity contribution in [1.29, 1.82) is 0 Å². The van der Waals surface area contributed by atoms with E-state index in [-0.39, 0.29) is 18.4 Å². The van der Waals surface area contributed by atoms with Crippen LogP contribution in [-0.4, -0.2) is 44.7 Å². The van der Waals surface area contributed by atoms with E-state index in [1.165, 1.54) is 11.8 Å². The number of carbonyl (C=O) groups excluding carboxylic acids is 2. The molecule has 1 aromatic carbocycles. The Kier molecular flexibility index (Phi) is 4.62. The van der Waals surface area contributed by atoms with Crippen LogP contribution >= 0.6 is 11.8 Å². The Balaban J connectivity index is 1.81. The normalized spacial score (nSPS) is 14.3. The van der Waals surface area contributed by atoms with Crippen molar-refractivity contribution in [2.45, 2.75) is 20.8 Å². The van der Waals surface area contributed by atoms with Gasteiger partial charge in [-0.05, 0) is 44.0 Å². The molecule has 1 fully saturated rings. The zero-order valence-corrected chi connectivity index (χ0v) is 14.8. The van der Waals surface area contributed by atoms with Gasteiger partial charge < -0.3 is 10.2 Å². The van der Waals surface area contributed by atoms with Gasteiger partial charge in [0.05, 0.1) is 23.0 Å². The first kappa shape index (κ1) is 16.6. The maximum absolute atomic E-state index is 12.3. The molecular formula is C17H20N4O2S. The lowest BCUT2D eigenvalue weighted by atomic mass is 10.1.